The van der Waals surface area contributed by atoms with E-state index in [0.29, 0.717) is 47.9 Å². The molecule has 30 heavy (non-hydrogen) atoms. The molecule has 0 spiro atoms. The number of benzene rings is 2. The SMILES string of the molecule is CCNC(=NCc1ccc(OCCOC)cc1)NCC(O)c1cc(Cl)cc(Cl)c1.I. The van der Waals surface area contributed by atoms with Gasteiger partial charge in [0, 0.05) is 30.2 Å². The molecule has 1 unspecified atom stereocenters. The topological polar surface area (TPSA) is 75.1 Å². The Morgan fingerprint density at radius 1 is 1.07 bits per heavy atom. The summed E-state index contributed by atoms with van der Waals surface area (Å²) in [6.45, 7) is 4.52. The number of rotatable bonds is 10. The van der Waals surface area contributed by atoms with Crippen molar-refractivity contribution in [1.82, 2.24) is 10.6 Å². The molecule has 2 aromatic carbocycles. The molecule has 0 saturated carbocycles. The maximum Gasteiger partial charge on any atom is 0.191 e. The smallest absolute Gasteiger partial charge is 0.191 e. The second kappa shape index (κ2) is 14.7. The van der Waals surface area contributed by atoms with E-state index in [0.717, 1.165) is 11.3 Å². The van der Waals surface area contributed by atoms with E-state index in [2.05, 4.69) is 15.6 Å². The summed E-state index contributed by atoms with van der Waals surface area (Å²) in [6, 6.07) is 12.8. The van der Waals surface area contributed by atoms with E-state index in [-0.39, 0.29) is 30.5 Å². The van der Waals surface area contributed by atoms with Crippen molar-refractivity contribution < 1.29 is 14.6 Å². The molecule has 0 fully saturated rings. The van der Waals surface area contributed by atoms with Crippen molar-refractivity contribution >= 4 is 53.1 Å². The summed E-state index contributed by atoms with van der Waals surface area (Å²) in [5.41, 5.74) is 1.69. The fourth-order valence-corrected chi connectivity index (χ4v) is 3.07. The van der Waals surface area contributed by atoms with Crippen molar-refractivity contribution in [3.8, 4) is 5.75 Å². The molecule has 2 aromatic rings. The number of aliphatic hydroxyl groups excluding tert-OH is 1. The number of nitrogens with zero attached hydrogens (tertiary/aromatic N) is 1. The van der Waals surface area contributed by atoms with Crippen LogP contribution in [0.2, 0.25) is 10.0 Å². The molecule has 0 aliphatic rings. The van der Waals surface area contributed by atoms with Crippen molar-refractivity contribution in [1.29, 1.82) is 0 Å². The number of aliphatic imine (C=N–C) groups is 1. The molecule has 0 heterocycles. The van der Waals surface area contributed by atoms with Crippen molar-refractivity contribution in [2.24, 2.45) is 4.99 Å². The van der Waals surface area contributed by atoms with Crippen LogP contribution >= 0.6 is 47.2 Å². The van der Waals surface area contributed by atoms with Gasteiger partial charge >= 0.3 is 0 Å². The van der Waals surface area contributed by atoms with Crippen LogP contribution in [0.25, 0.3) is 0 Å². The molecule has 0 bridgehead atoms. The Labute approximate surface area is 205 Å². The van der Waals surface area contributed by atoms with Crippen LogP contribution in [0.4, 0.5) is 0 Å². The summed E-state index contributed by atoms with van der Waals surface area (Å²) in [5.74, 6) is 1.41. The number of halogens is 3. The monoisotopic (exact) mass is 567 g/mol. The minimum absolute atomic E-state index is 0. The Morgan fingerprint density at radius 3 is 2.33 bits per heavy atom. The Hall–Kier alpha value is -1.26. The number of hydrogen-bond acceptors (Lipinski definition) is 4. The quantitative estimate of drug-likeness (QED) is 0.171. The minimum Gasteiger partial charge on any atom is -0.491 e. The normalized spacial score (nSPS) is 12.1. The average Bonchev–Trinajstić information content (AvgIpc) is 2.70. The fourth-order valence-electron chi connectivity index (χ4n) is 2.52. The van der Waals surface area contributed by atoms with Crippen LogP contribution < -0.4 is 15.4 Å². The molecule has 0 radical (unpaired) electrons. The summed E-state index contributed by atoms with van der Waals surface area (Å²) >= 11 is 12.0. The molecule has 2 rings (SSSR count). The molecule has 0 aliphatic carbocycles. The number of nitrogens with one attached hydrogen (secondary N) is 2. The number of ether oxygens (including phenoxy) is 2. The molecule has 166 valence electrons. The second-order valence-electron chi connectivity index (χ2n) is 6.28. The zero-order chi connectivity index (χ0) is 21.1. The van der Waals surface area contributed by atoms with Crippen LogP contribution in [0.5, 0.6) is 5.75 Å². The highest BCUT2D eigenvalue weighted by Crippen LogP contribution is 2.23. The van der Waals surface area contributed by atoms with Crippen molar-refractivity contribution in [3.63, 3.8) is 0 Å². The summed E-state index contributed by atoms with van der Waals surface area (Å²) in [7, 11) is 1.64. The lowest BCUT2D eigenvalue weighted by molar-refractivity contribution is 0.146. The van der Waals surface area contributed by atoms with Crippen molar-refractivity contribution in [3.05, 3.63) is 63.6 Å². The van der Waals surface area contributed by atoms with Crippen molar-refractivity contribution in [2.75, 3.05) is 33.4 Å². The summed E-state index contributed by atoms with van der Waals surface area (Å²) < 4.78 is 10.5. The Bertz CT molecular complexity index is 771. The number of methoxy groups -OCH3 is 1. The van der Waals surface area contributed by atoms with Crippen LogP contribution in [0.15, 0.2) is 47.5 Å². The van der Waals surface area contributed by atoms with E-state index in [4.69, 9.17) is 32.7 Å². The lowest BCUT2D eigenvalue weighted by Crippen LogP contribution is -2.39. The third-order valence-corrected chi connectivity index (χ3v) is 4.41. The van der Waals surface area contributed by atoms with Gasteiger partial charge in [-0.1, -0.05) is 35.3 Å². The highest BCUT2D eigenvalue weighted by Gasteiger charge is 2.10. The molecule has 6 nitrogen and oxygen atoms in total. The van der Waals surface area contributed by atoms with Gasteiger partial charge in [0.25, 0.3) is 0 Å². The van der Waals surface area contributed by atoms with E-state index in [1.807, 2.05) is 31.2 Å². The van der Waals surface area contributed by atoms with Gasteiger partial charge in [0.05, 0.1) is 19.3 Å². The van der Waals surface area contributed by atoms with Crippen LogP contribution in [0.3, 0.4) is 0 Å². The number of guanidine groups is 1. The van der Waals surface area contributed by atoms with Gasteiger partial charge in [0.1, 0.15) is 12.4 Å². The van der Waals surface area contributed by atoms with Crippen LogP contribution in [-0.4, -0.2) is 44.5 Å². The van der Waals surface area contributed by atoms with E-state index in [1.165, 1.54) is 0 Å². The van der Waals surface area contributed by atoms with E-state index in [9.17, 15) is 5.11 Å². The summed E-state index contributed by atoms with van der Waals surface area (Å²) in [6.07, 6.45) is -0.765. The fraction of sp³-hybridized carbons (Fsp3) is 0.381. The summed E-state index contributed by atoms with van der Waals surface area (Å²) in [5, 5.41) is 17.7. The number of hydrogen-bond donors (Lipinski definition) is 3. The lowest BCUT2D eigenvalue weighted by Gasteiger charge is -2.16. The first-order chi connectivity index (χ1) is 14.0. The van der Waals surface area contributed by atoms with Crippen LogP contribution in [0.1, 0.15) is 24.2 Å². The zero-order valence-corrected chi connectivity index (χ0v) is 20.9. The first-order valence-electron chi connectivity index (χ1n) is 9.38. The maximum absolute atomic E-state index is 10.4. The van der Waals surface area contributed by atoms with Gasteiger partial charge in [-0.2, -0.15) is 0 Å². The van der Waals surface area contributed by atoms with E-state index >= 15 is 0 Å². The Kier molecular flexibility index (Phi) is 13.1. The van der Waals surface area contributed by atoms with Gasteiger partial charge in [-0.05, 0) is 48.4 Å². The van der Waals surface area contributed by atoms with Crippen LogP contribution in [0, 0.1) is 0 Å². The zero-order valence-electron chi connectivity index (χ0n) is 17.0. The minimum atomic E-state index is -0.765. The lowest BCUT2D eigenvalue weighted by atomic mass is 10.1. The molecule has 9 heteroatoms. The molecular formula is C21H28Cl2IN3O3. The Morgan fingerprint density at radius 2 is 1.73 bits per heavy atom. The molecule has 0 aromatic heterocycles. The van der Waals surface area contributed by atoms with Gasteiger partial charge in [0.2, 0.25) is 0 Å². The largest absolute Gasteiger partial charge is 0.491 e. The van der Waals surface area contributed by atoms with Gasteiger partial charge < -0.3 is 25.2 Å². The second-order valence-corrected chi connectivity index (χ2v) is 7.15. The first-order valence-corrected chi connectivity index (χ1v) is 10.1. The standard InChI is InChI=1S/C21H27Cl2N3O3.HI/c1-3-24-21(26-14-20(27)16-10-17(22)12-18(23)11-16)25-13-15-4-6-19(7-5-15)29-9-8-28-2;/h4-7,10-12,20,27H,3,8-9,13-14H2,1-2H3,(H2,24,25,26);1H. The molecular weight excluding hydrogens is 540 g/mol. The van der Waals surface area contributed by atoms with Crippen LogP contribution in [-0.2, 0) is 11.3 Å². The maximum atomic E-state index is 10.4. The molecule has 0 aliphatic heterocycles. The third-order valence-electron chi connectivity index (χ3n) is 3.98. The molecule has 1 atom stereocenters. The molecule has 0 saturated heterocycles. The number of aliphatic hydroxyl groups is 1. The molecule has 0 amide bonds. The van der Waals surface area contributed by atoms with Gasteiger partial charge in [-0.15, -0.1) is 24.0 Å². The van der Waals surface area contributed by atoms with E-state index in [1.54, 1.807) is 25.3 Å². The Balaban J connectivity index is 0.00000450. The van der Waals surface area contributed by atoms with E-state index < -0.39 is 6.10 Å². The highest BCUT2D eigenvalue weighted by atomic mass is 127. The highest BCUT2D eigenvalue weighted by molar-refractivity contribution is 14.0. The molecule has 3 N–H and O–H groups in total. The third kappa shape index (κ3) is 9.70. The van der Waals surface area contributed by atoms with Gasteiger partial charge in [-0.25, -0.2) is 4.99 Å². The average molecular weight is 568 g/mol. The predicted octanol–water partition coefficient (Wildman–Crippen LogP) is 4.43. The first kappa shape index (κ1) is 26.8. The van der Waals surface area contributed by atoms with Gasteiger partial charge in [-0.3, -0.25) is 0 Å². The predicted molar refractivity (Wildman–Crippen MR) is 133 cm³/mol. The summed E-state index contributed by atoms with van der Waals surface area (Å²) in [4.78, 5) is 4.56. The van der Waals surface area contributed by atoms with Crippen molar-refractivity contribution in [2.45, 2.75) is 19.6 Å². The van der Waals surface area contributed by atoms with Gasteiger partial charge in [0.15, 0.2) is 5.96 Å².